The van der Waals surface area contributed by atoms with Crippen molar-refractivity contribution >= 4 is 15.9 Å². The minimum Gasteiger partial charge on any atom is -0.491 e. The van der Waals surface area contributed by atoms with Crippen molar-refractivity contribution in [1.82, 2.24) is 5.32 Å². The number of rotatable bonds is 7. The van der Waals surface area contributed by atoms with Crippen LogP contribution >= 0.6 is 15.9 Å². The molecule has 1 N–H and O–H groups in total. The Hall–Kier alpha value is -1.26. The summed E-state index contributed by atoms with van der Waals surface area (Å²) in [5.41, 5.74) is 1.10. The van der Waals surface area contributed by atoms with E-state index in [1.807, 2.05) is 44.2 Å². The number of ether oxygens (including phenoxy) is 1. The van der Waals surface area contributed by atoms with Crippen LogP contribution in [0.4, 0.5) is 0 Å². The van der Waals surface area contributed by atoms with Gasteiger partial charge in [-0.2, -0.15) is 0 Å². The van der Waals surface area contributed by atoms with Gasteiger partial charge in [0.1, 0.15) is 11.5 Å². The third kappa shape index (κ3) is 4.35. The molecule has 1 aromatic heterocycles. The molecule has 21 heavy (non-hydrogen) atoms. The van der Waals surface area contributed by atoms with Gasteiger partial charge >= 0.3 is 0 Å². The summed E-state index contributed by atoms with van der Waals surface area (Å²) in [6.45, 7) is 7.14. The molecule has 3 nitrogen and oxygen atoms in total. The summed E-state index contributed by atoms with van der Waals surface area (Å²) in [6, 6.07) is 12.0. The molecule has 0 bridgehead atoms. The van der Waals surface area contributed by atoms with Gasteiger partial charge in [0.05, 0.1) is 12.1 Å². The molecule has 1 atom stereocenters. The highest BCUT2D eigenvalue weighted by Gasteiger charge is 2.21. The van der Waals surface area contributed by atoms with Gasteiger partial charge in [0, 0.05) is 5.56 Å². The van der Waals surface area contributed by atoms with Crippen LogP contribution in [-0.2, 0) is 0 Å². The van der Waals surface area contributed by atoms with E-state index in [1.165, 1.54) is 0 Å². The summed E-state index contributed by atoms with van der Waals surface area (Å²) in [7, 11) is 0. The van der Waals surface area contributed by atoms with Crippen molar-refractivity contribution in [2.45, 2.75) is 39.3 Å². The molecule has 2 aromatic rings. The van der Waals surface area contributed by atoms with Gasteiger partial charge in [-0.1, -0.05) is 25.1 Å². The maximum Gasteiger partial charge on any atom is 0.169 e. The standard InChI is InChI=1S/C17H22BrNO2/c1-4-11-19-17(15-9-10-16(18)21-15)13-7-5-6-8-14(13)20-12(2)3/h5-10,12,17,19H,4,11H2,1-3H3. The molecule has 0 fully saturated rings. The average molecular weight is 352 g/mol. The van der Waals surface area contributed by atoms with Gasteiger partial charge in [-0.3, -0.25) is 0 Å². The van der Waals surface area contributed by atoms with E-state index in [9.17, 15) is 0 Å². The molecule has 1 heterocycles. The number of hydrogen-bond donors (Lipinski definition) is 1. The van der Waals surface area contributed by atoms with Gasteiger partial charge in [0.2, 0.25) is 0 Å². The Labute approximate surface area is 134 Å². The Morgan fingerprint density at radius 3 is 2.57 bits per heavy atom. The molecule has 0 aliphatic rings. The largest absolute Gasteiger partial charge is 0.491 e. The van der Waals surface area contributed by atoms with E-state index in [-0.39, 0.29) is 12.1 Å². The van der Waals surface area contributed by atoms with E-state index in [4.69, 9.17) is 9.15 Å². The monoisotopic (exact) mass is 351 g/mol. The van der Waals surface area contributed by atoms with Gasteiger partial charge in [-0.05, 0) is 60.9 Å². The Morgan fingerprint density at radius 2 is 1.95 bits per heavy atom. The first kappa shape index (κ1) is 16.1. The number of halogens is 1. The van der Waals surface area contributed by atoms with Crippen LogP contribution < -0.4 is 10.1 Å². The van der Waals surface area contributed by atoms with E-state index in [0.29, 0.717) is 0 Å². The Kier molecular flexibility index (Phi) is 5.88. The molecule has 0 saturated heterocycles. The van der Waals surface area contributed by atoms with Gasteiger partial charge < -0.3 is 14.5 Å². The molecule has 1 aromatic carbocycles. The number of nitrogens with one attached hydrogen (secondary N) is 1. The summed E-state index contributed by atoms with van der Waals surface area (Å²) >= 11 is 3.37. The predicted molar refractivity (Wildman–Crippen MR) is 88.8 cm³/mol. The first-order valence-corrected chi connectivity index (χ1v) is 8.15. The quantitative estimate of drug-likeness (QED) is 0.768. The molecule has 0 saturated carbocycles. The highest BCUT2D eigenvalue weighted by molar-refractivity contribution is 9.10. The number of hydrogen-bond acceptors (Lipinski definition) is 3. The number of para-hydroxylation sites is 1. The summed E-state index contributed by atoms with van der Waals surface area (Å²) < 4.78 is 12.4. The molecule has 0 spiro atoms. The lowest BCUT2D eigenvalue weighted by molar-refractivity contribution is 0.237. The van der Waals surface area contributed by atoms with Gasteiger partial charge in [0.25, 0.3) is 0 Å². The number of furan rings is 1. The summed E-state index contributed by atoms with van der Waals surface area (Å²) in [5, 5.41) is 3.53. The van der Waals surface area contributed by atoms with Crippen molar-refractivity contribution < 1.29 is 9.15 Å². The summed E-state index contributed by atoms with van der Waals surface area (Å²) in [5.74, 6) is 1.78. The molecule has 0 radical (unpaired) electrons. The van der Waals surface area contributed by atoms with Crippen molar-refractivity contribution in [3.8, 4) is 5.75 Å². The Bertz CT molecular complexity index is 565. The van der Waals surface area contributed by atoms with E-state index >= 15 is 0 Å². The molecule has 114 valence electrons. The second kappa shape index (κ2) is 7.66. The van der Waals surface area contributed by atoms with Gasteiger partial charge in [-0.25, -0.2) is 0 Å². The topological polar surface area (TPSA) is 34.4 Å². The lowest BCUT2D eigenvalue weighted by Gasteiger charge is -2.21. The second-order valence-electron chi connectivity index (χ2n) is 5.23. The average Bonchev–Trinajstić information content (AvgIpc) is 2.87. The first-order valence-electron chi connectivity index (χ1n) is 7.36. The van der Waals surface area contributed by atoms with Crippen LogP contribution in [0.25, 0.3) is 0 Å². The van der Waals surface area contributed by atoms with Crippen molar-refractivity contribution in [2.75, 3.05) is 6.54 Å². The van der Waals surface area contributed by atoms with Crippen LogP contribution in [0.2, 0.25) is 0 Å². The van der Waals surface area contributed by atoms with Crippen LogP contribution in [-0.4, -0.2) is 12.6 Å². The van der Waals surface area contributed by atoms with Gasteiger partial charge in [-0.15, -0.1) is 0 Å². The zero-order chi connectivity index (χ0) is 15.2. The van der Waals surface area contributed by atoms with E-state index in [0.717, 1.165) is 34.7 Å². The molecular weight excluding hydrogens is 330 g/mol. The lowest BCUT2D eigenvalue weighted by Crippen LogP contribution is -2.24. The third-order valence-corrected chi connectivity index (χ3v) is 3.50. The predicted octanol–water partition coefficient (Wildman–Crippen LogP) is 4.92. The first-order chi connectivity index (χ1) is 10.1. The Morgan fingerprint density at radius 1 is 1.19 bits per heavy atom. The minimum absolute atomic E-state index is 0.00815. The van der Waals surface area contributed by atoms with Crippen LogP contribution in [0.15, 0.2) is 45.5 Å². The number of benzene rings is 1. The highest BCUT2D eigenvalue weighted by Crippen LogP contribution is 2.32. The SMILES string of the molecule is CCCNC(c1ccc(Br)o1)c1ccccc1OC(C)C. The normalized spacial score (nSPS) is 12.6. The van der Waals surface area contributed by atoms with Crippen LogP contribution in [0.5, 0.6) is 5.75 Å². The zero-order valence-electron chi connectivity index (χ0n) is 12.7. The van der Waals surface area contributed by atoms with E-state index < -0.39 is 0 Å². The fraction of sp³-hybridized carbons (Fsp3) is 0.412. The fourth-order valence-corrected chi connectivity index (χ4v) is 2.54. The summed E-state index contributed by atoms with van der Waals surface area (Å²) in [4.78, 5) is 0. The lowest BCUT2D eigenvalue weighted by atomic mass is 10.0. The third-order valence-electron chi connectivity index (χ3n) is 3.07. The second-order valence-corrected chi connectivity index (χ2v) is 6.02. The summed E-state index contributed by atoms with van der Waals surface area (Å²) in [6.07, 6.45) is 1.20. The fourth-order valence-electron chi connectivity index (χ4n) is 2.22. The van der Waals surface area contributed by atoms with Crippen LogP contribution in [0.1, 0.15) is 44.6 Å². The minimum atomic E-state index is -0.00815. The van der Waals surface area contributed by atoms with Gasteiger partial charge in [0.15, 0.2) is 4.67 Å². The molecule has 1 unspecified atom stereocenters. The molecule has 4 heteroatoms. The maximum atomic E-state index is 5.94. The van der Waals surface area contributed by atoms with Crippen LogP contribution in [0, 0.1) is 0 Å². The molecule has 0 aliphatic heterocycles. The van der Waals surface area contributed by atoms with Crippen molar-refractivity contribution in [1.29, 1.82) is 0 Å². The van der Waals surface area contributed by atoms with Crippen molar-refractivity contribution in [3.05, 3.63) is 52.4 Å². The molecule has 2 rings (SSSR count). The molecule has 0 aliphatic carbocycles. The van der Waals surface area contributed by atoms with E-state index in [2.05, 4.69) is 34.2 Å². The van der Waals surface area contributed by atoms with Crippen molar-refractivity contribution in [3.63, 3.8) is 0 Å². The zero-order valence-corrected chi connectivity index (χ0v) is 14.3. The Balaban J connectivity index is 2.36. The molecular formula is C17H22BrNO2. The highest BCUT2D eigenvalue weighted by atomic mass is 79.9. The smallest absolute Gasteiger partial charge is 0.169 e. The van der Waals surface area contributed by atoms with Crippen molar-refractivity contribution in [2.24, 2.45) is 0 Å². The maximum absolute atomic E-state index is 5.94. The van der Waals surface area contributed by atoms with E-state index in [1.54, 1.807) is 0 Å². The van der Waals surface area contributed by atoms with Crippen LogP contribution in [0.3, 0.4) is 0 Å². The molecule has 0 amide bonds.